The Hall–Kier alpha value is -0.670. The number of thioether (sulfide) groups is 1. The molecule has 98 valence electrons. The van der Waals surface area contributed by atoms with Crippen molar-refractivity contribution >= 4 is 29.3 Å². The molecule has 4 heteroatoms. The van der Waals surface area contributed by atoms with E-state index in [4.69, 9.17) is 11.6 Å². The lowest BCUT2D eigenvalue weighted by molar-refractivity contribution is 0.0598. The monoisotopic (exact) mass is 283 g/mol. The highest BCUT2D eigenvalue weighted by molar-refractivity contribution is 7.98. The van der Waals surface area contributed by atoms with E-state index in [1.807, 2.05) is 35.4 Å². The summed E-state index contributed by atoms with van der Waals surface area (Å²) in [6.07, 6.45) is 5.49. The van der Waals surface area contributed by atoms with E-state index in [1.165, 1.54) is 11.3 Å². The summed E-state index contributed by atoms with van der Waals surface area (Å²) in [5.41, 5.74) is 0.768. The van der Waals surface area contributed by atoms with Gasteiger partial charge in [-0.1, -0.05) is 0 Å². The highest BCUT2D eigenvalue weighted by Gasteiger charge is 2.28. The Morgan fingerprint density at radius 3 is 2.50 bits per heavy atom. The third-order valence-electron chi connectivity index (χ3n) is 3.44. The van der Waals surface area contributed by atoms with Crippen molar-refractivity contribution in [2.24, 2.45) is 0 Å². The van der Waals surface area contributed by atoms with E-state index in [1.54, 1.807) is 11.8 Å². The number of carbonyl (C=O) groups excluding carboxylic acids is 1. The van der Waals surface area contributed by atoms with Gasteiger partial charge in [-0.3, -0.25) is 4.79 Å². The Labute approximate surface area is 118 Å². The molecule has 0 atom stereocenters. The van der Waals surface area contributed by atoms with E-state index in [0.29, 0.717) is 18.5 Å². The molecule has 0 unspecified atom stereocenters. The van der Waals surface area contributed by atoms with E-state index in [0.717, 1.165) is 18.4 Å². The fraction of sp³-hybridized carbons (Fsp3) is 0.500. The molecule has 1 aliphatic carbocycles. The van der Waals surface area contributed by atoms with Crippen LogP contribution in [0, 0.1) is 0 Å². The van der Waals surface area contributed by atoms with Crippen molar-refractivity contribution < 1.29 is 4.79 Å². The van der Waals surface area contributed by atoms with Gasteiger partial charge in [0.15, 0.2) is 0 Å². The smallest absolute Gasteiger partial charge is 0.254 e. The van der Waals surface area contributed by atoms with Crippen LogP contribution in [0.2, 0.25) is 0 Å². The maximum absolute atomic E-state index is 12.4. The summed E-state index contributed by atoms with van der Waals surface area (Å²) in [7, 11) is 0. The van der Waals surface area contributed by atoms with Crippen LogP contribution in [0.1, 0.15) is 29.6 Å². The maximum atomic E-state index is 12.4. The second kappa shape index (κ2) is 6.48. The van der Waals surface area contributed by atoms with Crippen molar-refractivity contribution in [1.82, 2.24) is 4.90 Å². The van der Waals surface area contributed by atoms with Crippen LogP contribution in [0.25, 0.3) is 0 Å². The van der Waals surface area contributed by atoms with Crippen LogP contribution < -0.4 is 0 Å². The van der Waals surface area contributed by atoms with Crippen molar-refractivity contribution in [3.63, 3.8) is 0 Å². The molecule has 0 bridgehead atoms. The average Bonchev–Trinajstić information content (AvgIpc) is 2.35. The Morgan fingerprint density at radius 2 is 2.06 bits per heavy atom. The van der Waals surface area contributed by atoms with Gasteiger partial charge in [0.1, 0.15) is 0 Å². The number of hydrogen-bond donors (Lipinski definition) is 0. The molecule has 0 radical (unpaired) electrons. The van der Waals surface area contributed by atoms with Crippen molar-refractivity contribution in [1.29, 1.82) is 0 Å². The number of hydrogen-bond acceptors (Lipinski definition) is 2. The lowest BCUT2D eigenvalue weighted by Gasteiger charge is -2.37. The number of amides is 1. The van der Waals surface area contributed by atoms with Gasteiger partial charge in [0.25, 0.3) is 5.91 Å². The summed E-state index contributed by atoms with van der Waals surface area (Å²) < 4.78 is 0. The lowest BCUT2D eigenvalue weighted by Crippen LogP contribution is -2.45. The van der Waals surface area contributed by atoms with E-state index < -0.39 is 0 Å². The molecule has 1 amide bonds. The standard InChI is InChI=1S/C14H18ClNOS/c1-18-13-7-5-11(6-8-13)14(17)16(10-9-15)12-3-2-4-12/h5-8,12H,2-4,9-10H2,1H3. The number of nitrogens with zero attached hydrogens (tertiary/aromatic N) is 1. The molecule has 1 aromatic rings. The lowest BCUT2D eigenvalue weighted by atomic mass is 9.91. The number of benzene rings is 1. The SMILES string of the molecule is CSc1ccc(C(=O)N(CCCl)C2CCC2)cc1. The molecular formula is C14H18ClNOS. The van der Waals surface area contributed by atoms with Crippen molar-refractivity contribution in [2.45, 2.75) is 30.2 Å². The summed E-state index contributed by atoms with van der Waals surface area (Å²) in [6, 6.07) is 8.22. The fourth-order valence-corrected chi connectivity index (χ4v) is 2.73. The normalized spacial score (nSPS) is 15.2. The van der Waals surface area contributed by atoms with Crippen LogP contribution in [-0.4, -0.2) is 35.5 Å². The zero-order chi connectivity index (χ0) is 13.0. The number of carbonyl (C=O) groups is 1. The van der Waals surface area contributed by atoms with Gasteiger partial charge >= 0.3 is 0 Å². The molecular weight excluding hydrogens is 266 g/mol. The summed E-state index contributed by atoms with van der Waals surface area (Å²) in [4.78, 5) is 15.5. The Morgan fingerprint density at radius 1 is 1.39 bits per heavy atom. The summed E-state index contributed by atoms with van der Waals surface area (Å²) >= 11 is 7.49. The van der Waals surface area contributed by atoms with E-state index in [2.05, 4.69) is 0 Å². The van der Waals surface area contributed by atoms with Gasteiger partial charge in [0.05, 0.1) is 0 Å². The topological polar surface area (TPSA) is 20.3 Å². The average molecular weight is 284 g/mol. The second-order valence-electron chi connectivity index (χ2n) is 4.50. The van der Waals surface area contributed by atoms with Gasteiger partial charge < -0.3 is 4.90 Å². The third-order valence-corrected chi connectivity index (χ3v) is 4.35. The van der Waals surface area contributed by atoms with E-state index in [9.17, 15) is 4.79 Å². The van der Waals surface area contributed by atoms with Gasteiger partial charge in [0.2, 0.25) is 0 Å². The van der Waals surface area contributed by atoms with Crippen LogP contribution in [0.5, 0.6) is 0 Å². The van der Waals surface area contributed by atoms with Crippen LogP contribution in [-0.2, 0) is 0 Å². The Balaban J connectivity index is 2.10. The molecule has 1 saturated carbocycles. The highest BCUT2D eigenvalue weighted by Crippen LogP contribution is 2.26. The van der Waals surface area contributed by atoms with E-state index in [-0.39, 0.29) is 5.91 Å². The van der Waals surface area contributed by atoms with Gasteiger partial charge in [0, 0.05) is 28.9 Å². The molecule has 18 heavy (non-hydrogen) atoms. The van der Waals surface area contributed by atoms with Gasteiger partial charge in [-0.2, -0.15) is 0 Å². The number of halogens is 1. The molecule has 1 aromatic carbocycles. The first kappa shape index (κ1) is 13.8. The summed E-state index contributed by atoms with van der Waals surface area (Å²) in [5.74, 6) is 0.624. The van der Waals surface area contributed by atoms with Crippen LogP contribution >= 0.6 is 23.4 Å². The summed E-state index contributed by atoms with van der Waals surface area (Å²) in [6.45, 7) is 0.648. The number of rotatable bonds is 5. The predicted molar refractivity (Wildman–Crippen MR) is 77.6 cm³/mol. The minimum Gasteiger partial charge on any atom is -0.334 e. The molecule has 1 aliphatic rings. The molecule has 0 aromatic heterocycles. The van der Waals surface area contributed by atoms with Crippen molar-refractivity contribution in [2.75, 3.05) is 18.7 Å². The maximum Gasteiger partial charge on any atom is 0.254 e. The molecule has 0 spiro atoms. The first-order valence-corrected chi connectivity index (χ1v) is 8.03. The highest BCUT2D eigenvalue weighted by atomic mass is 35.5. The Kier molecular flexibility index (Phi) is 4.95. The van der Waals surface area contributed by atoms with Gasteiger partial charge in [-0.05, 0) is 49.8 Å². The minimum atomic E-state index is 0.119. The summed E-state index contributed by atoms with van der Waals surface area (Å²) in [5, 5.41) is 0. The first-order valence-electron chi connectivity index (χ1n) is 6.27. The fourth-order valence-electron chi connectivity index (χ4n) is 2.14. The molecule has 2 nitrogen and oxygen atoms in total. The Bertz CT molecular complexity index is 403. The van der Waals surface area contributed by atoms with E-state index >= 15 is 0 Å². The van der Waals surface area contributed by atoms with Gasteiger partial charge in [-0.15, -0.1) is 23.4 Å². The largest absolute Gasteiger partial charge is 0.334 e. The first-order chi connectivity index (χ1) is 8.76. The molecule has 0 aliphatic heterocycles. The molecule has 0 saturated heterocycles. The predicted octanol–water partition coefficient (Wildman–Crippen LogP) is 3.64. The van der Waals surface area contributed by atoms with Crippen LogP contribution in [0.4, 0.5) is 0 Å². The molecule has 1 fully saturated rings. The quantitative estimate of drug-likeness (QED) is 0.607. The molecule has 0 N–H and O–H groups in total. The van der Waals surface area contributed by atoms with Crippen LogP contribution in [0.3, 0.4) is 0 Å². The molecule has 2 rings (SSSR count). The zero-order valence-electron chi connectivity index (χ0n) is 10.6. The number of alkyl halides is 1. The van der Waals surface area contributed by atoms with Crippen molar-refractivity contribution in [3.05, 3.63) is 29.8 Å². The molecule has 0 heterocycles. The minimum absolute atomic E-state index is 0.119. The third kappa shape index (κ3) is 3.01. The van der Waals surface area contributed by atoms with Crippen molar-refractivity contribution in [3.8, 4) is 0 Å². The van der Waals surface area contributed by atoms with Gasteiger partial charge in [-0.25, -0.2) is 0 Å². The van der Waals surface area contributed by atoms with Crippen LogP contribution in [0.15, 0.2) is 29.2 Å². The second-order valence-corrected chi connectivity index (χ2v) is 5.76. The zero-order valence-corrected chi connectivity index (χ0v) is 12.1.